The number of carbonyl (C=O) groups excluding carboxylic acids is 2. The number of para-hydroxylation sites is 1. The van der Waals surface area contributed by atoms with Crippen LogP contribution in [0.2, 0.25) is 0 Å². The number of rotatable bonds is 6. The second kappa shape index (κ2) is 9.01. The molecular weight excluding hydrogens is 366 g/mol. The molecule has 0 saturated carbocycles. The van der Waals surface area contributed by atoms with Gasteiger partial charge < -0.3 is 15.4 Å². The van der Waals surface area contributed by atoms with Crippen LogP contribution in [0.1, 0.15) is 38.9 Å². The SMILES string of the molecule is CCOC(=O)c1ccccc1Nc1ccnc(C(=O)Nc2ccc(C)cc2C)c1. The average Bonchev–Trinajstić information content (AvgIpc) is 2.71. The van der Waals surface area contributed by atoms with E-state index in [9.17, 15) is 9.59 Å². The highest BCUT2D eigenvalue weighted by Crippen LogP contribution is 2.23. The summed E-state index contributed by atoms with van der Waals surface area (Å²) >= 11 is 0. The van der Waals surface area contributed by atoms with Crippen molar-refractivity contribution in [2.75, 3.05) is 17.2 Å². The van der Waals surface area contributed by atoms with Crippen LogP contribution in [0.15, 0.2) is 60.8 Å². The molecule has 0 atom stereocenters. The molecule has 3 aromatic rings. The molecule has 0 aliphatic heterocycles. The largest absolute Gasteiger partial charge is 0.462 e. The predicted molar refractivity (Wildman–Crippen MR) is 114 cm³/mol. The number of aryl methyl sites for hydroxylation is 2. The molecule has 3 rings (SSSR count). The Morgan fingerprint density at radius 3 is 2.55 bits per heavy atom. The molecule has 1 aromatic heterocycles. The molecule has 1 amide bonds. The maximum absolute atomic E-state index is 12.6. The van der Waals surface area contributed by atoms with E-state index in [4.69, 9.17) is 4.74 Å². The number of nitrogens with zero attached hydrogens (tertiary/aromatic N) is 1. The molecule has 6 nitrogen and oxygen atoms in total. The Morgan fingerprint density at radius 2 is 1.79 bits per heavy atom. The van der Waals surface area contributed by atoms with Crippen molar-refractivity contribution in [1.82, 2.24) is 4.98 Å². The third kappa shape index (κ3) is 4.99. The van der Waals surface area contributed by atoms with Gasteiger partial charge in [-0.3, -0.25) is 9.78 Å². The number of hydrogen-bond donors (Lipinski definition) is 2. The van der Waals surface area contributed by atoms with E-state index in [1.165, 1.54) is 0 Å². The molecule has 148 valence electrons. The van der Waals surface area contributed by atoms with Gasteiger partial charge in [0.1, 0.15) is 5.69 Å². The van der Waals surface area contributed by atoms with E-state index < -0.39 is 5.97 Å². The highest BCUT2D eigenvalue weighted by atomic mass is 16.5. The number of ether oxygens (including phenoxy) is 1. The number of esters is 1. The van der Waals surface area contributed by atoms with Gasteiger partial charge in [-0.15, -0.1) is 0 Å². The van der Waals surface area contributed by atoms with Crippen molar-refractivity contribution in [3.8, 4) is 0 Å². The van der Waals surface area contributed by atoms with Gasteiger partial charge in [-0.2, -0.15) is 0 Å². The van der Waals surface area contributed by atoms with Crippen molar-refractivity contribution < 1.29 is 14.3 Å². The fraction of sp³-hybridized carbons (Fsp3) is 0.174. The Morgan fingerprint density at radius 1 is 1.00 bits per heavy atom. The minimum Gasteiger partial charge on any atom is -0.462 e. The van der Waals surface area contributed by atoms with E-state index in [1.54, 1.807) is 43.5 Å². The van der Waals surface area contributed by atoms with E-state index in [0.717, 1.165) is 16.8 Å². The summed E-state index contributed by atoms with van der Waals surface area (Å²) < 4.78 is 5.10. The third-order valence-electron chi connectivity index (χ3n) is 4.32. The van der Waals surface area contributed by atoms with Crippen LogP contribution in [-0.2, 0) is 4.74 Å². The quantitative estimate of drug-likeness (QED) is 0.588. The lowest BCUT2D eigenvalue weighted by Gasteiger charge is -2.12. The first kappa shape index (κ1) is 20.1. The highest BCUT2D eigenvalue weighted by Gasteiger charge is 2.14. The maximum Gasteiger partial charge on any atom is 0.340 e. The summed E-state index contributed by atoms with van der Waals surface area (Å²) in [6.45, 7) is 6.01. The Balaban J connectivity index is 1.80. The molecule has 6 heteroatoms. The monoisotopic (exact) mass is 389 g/mol. The summed E-state index contributed by atoms with van der Waals surface area (Å²) in [6, 6.07) is 16.3. The van der Waals surface area contributed by atoms with E-state index in [0.29, 0.717) is 23.5 Å². The molecule has 2 N–H and O–H groups in total. The van der Waals surface area contributed by atoms with Gasteiger partial charge in [0.25, 0.3) is 5.91 Å². The summed E-state index contributed by atoms with van der Waals surface area (Å²) in [5.41, 5.74) is 4.78. The standard InChI is InChI=1S/C23H23N3O3/c1-4-29-23(28)18-7-5-6-8-20(18)25-17-11-12-24-21(14-17)22(27)26-19-10-9-15(2)13-16(19)3/h5-14H,4H2,1-3H3,(H,24,25)(H,26,27). The van der Waals surface area contributed by atoms with Crippen LogP contribution in [0.4, 0.5) is 17.1 Å². The van der Waals surface area contributed by atoms with Gasteiger partial charge in [0, 0.05) is 17.6 Å². The van der Waals surface area contributed by atoms with Crippen LogP contribution in [0.25, 0.3) is 0 Å². The Kier molecular flexibility index (Phi) is 6.24. The first-order valence-electron chi connectivity index (χ1n) is 9.35. The maximum atomic E-state index is 12.6. The molecule has 0 aliphatic rings. The van der Waals surface area contributed by atoms with Crippen molar-refractivity contribution in [2.24, 2.45) is 0 Å². The van der Waals surface area contributed by atoms with E-state index >= 15 is 0 Å². The fourth-order valence-corrected chi connectivity index (χ4v) is 2.91. The second-order valence-electron chi connectivity index (χ2n) is 6.59. The third-order valence-corrected chi connectivity index (χ3v) is 4.32. The number of amides is 1. The van der Waals surface area contributed by atoms with E-state index in [-0.39, 0.29) is 11.6 Å². The zero-order chi connectivity index (χ0) is 20.8. The van der Waals surface area contributed by atoms with Gasteiger partial charge in [0.2, 0.25) is 0 Å². The number of benzene rings is 2. The molecule has 0 saturated heterocycles. The topological polar surface area (TPSA) is 80.3 Å². The van der Waals surface area contributed by atoms with Crippen molar-refractivity contribution in [3.05, 3.63) is 83.2 Å². The fourth-order valence-electron chi connectivity index (χ4n) is 2.91. The first-order valence-corrected chi connectivity index (χ1v) is 9.35. The number of nitrogens with one attached hydrogen (secondary N) is 2. The number of carbonyl (C=O) groups is 2. The van der Waals surface area contributed by atoms with Gasteiger partial charge in [0.15, 0.2) is 0 Å². The molecule has 2 aromatic carbocycles. The molecule has 1 heterocycles. The number of aromatic nitrogens is 1. The number of anilines is 3. The number of hydrogen-bond acceptors (Lipinski definition) is 5. The highest BCUT2D eigenvalue weighted by molar-refractivity contribution is 6.04. The second-order valence-corrected chi connectivity index (χ2v) is 6.59. The molecule has 0 spiro atoms. The first-order chi connectivity index (χ1) is 14.0. The minimum absolute atomic E-state index is 0.267. The van der Waals surface area contributed by atoms with E-state index in [2.05, 4.69) is 15.6 Å². The van der Waals surface area contributed by atoms with Crippen LogP contribution < -0.4 is 10.6 Å². The molecule has 0 aliphatic carbocycles. The Hall–Kier alpha value is -3.67. The van der Waals surface area contributed by atoms with Crippen molar-refractivity contribution in [1.29, 1.82) is 0 Å². The average molecular weight is 389 g/mol. The minimum atomic E-state index is -0.405. The number of pyridine rings is 1. The molecule has 0 fully saturated rings. The van der Waals surface area contributed by atoms with Gasteiger partial charge in [-0.05, 0) is 56.7 Å². The molecule has 0 bridgehead atoms. The smallest absolute Gasteiger partial charge is 0.340 e. The van der Waals surface area contributed by atoms with Crippen LogP contribution in [0.3, 0.4) is 0 Å². The van der Waals surface area contributed by atoms with Crippen LogP contribution in [-0.4, -0.2) is 23.5 Å². The predicted octanol–water partition coefficient (Wildman–Crippen LogP) is 4.87. The van der Waals surface area contributed by atoms with Crippen LogP contribution in [0, 0.1) is 13.8 Å². The lowest BCUT2D eigenvalue weighted by molar-refractivity contribution is 0.0527. The van der Waals surface area contributed by atoms with Crippen LogP contribution >= 0.6 is 0 Å². The summed E-state index contributed by atoms with van der Waals surface area (Å²) in [5.74, 6) is -0.711. The van der Waals surface area contributed by atoms with Gasteiger partial charge in [-0.1, -0.05) is 29.8 Å². The van der Waals surface area contributed by atoms with Crippen molar-refractivity contribution in [3.63, 3.8) is 0 Å². The Labute approximate surface area is 169 Å². The van der Waals surface area contributed by atoms with E-state index in [1.807, 2.05) is 38.1 Å². The molecule has 0 radical (unpaired) electrons. The summed E-state index contributed by atoms with van der Waals surface area (Å²) in [5, 5.41) is 6.06. The van der Waals surface area contributed by atoms with Crippen molar-refractivity contribution >= 4 is 28.9 Å². The molecule has 29 heavy (non-hydrogen) atoms. The lowest BCUT2D eigenvalue weighted by Crippen LogP contribution is -2.15. The van der Waals surface area contributed by atoms with Gasteiger partial charge in [-0.25, -0.2) is 4.79 Å². The van der Waals surface area contributed by atoms with Gasteiger partial charge >= 0.3 is 5.97 Å². The molecular formula is C23H23N3O3. The summed E-state index contributed by atoms with van der Waals surface area (Å²) in [4.78, 5) is 29.0. The summed E-state index contributed by atoms with van der Waals surface area (Å²) in [6.07, 6.45) is 1.55. The van der Waals surface area contributed by atoms with Crippen LogP contribution in [0.5, 0.6) is 0 Å². The molecule has 0 unspecified atom stereocenters. The lowest BCUT2D eigenvalue weighted by atomic mass is 10.1. The van der Waals surface area contributed by atoms with Gasteiger partial charge in [0.05, 0.1) is 17.9 Å². The van der Waals surface area contributed by atoms with Crippen molar-refractivity contribution in [2.45, 2.75) is 20.8 Å². The Bertz CT molecular complexity index is 1050. The zero-order valence-electron chi connectivity index (χ0n) is 16.7. The summed E-state index contributed by atoms with van der Waals surface area (Å²) in [7, 11) is 0. The normalized spacial score (nSPS) is 10.3. The zero-order valence-corrected chi connectivity index (χ0v) is 16.7.